The molecule has 1 aliphatic heterocycles. The second-order valence-corrected chi connectivity index (χ2v) is 24.8. The molecular formula is C78H64N5OPt-3. The summed E-state index contributed by atoms with van der Waals surface area (Å²) in [5.74, 6) is 1.66. The van der Waals surface area contributed by atoms with Gasteiger partial charge in [0.25, 0.3) is 0 Å². The summed E-state index contributed by atoms with van der Waals surface area (Å²) in [5, 5.41) is 11.2. The molecule has 0 fully saturated rings. The zero-order valence-corrected chi connectivity index (χ0v) is 51.2. The van der Waals surface area contributed by atoms with Crippen LogP contribution in [-0.4, -0.2) is 18.7 Å². The minimum absolute atomic E-state index is 0. The fraction of sp³-hybridized carbons (Fsp3) is 0.154. The van der Waals surface area contributed by atoms with Gasteiger partial charge in [-0.25, -0.2) is 4.98 Å². The summed E-state index contributed by atoms with van der Waals surface area (Å²) in [6, 6.07) is 83.2. The van der Waals surface area contributed by atoms with Gasteiger partial charge in [-0.3, -0.25) is 0 Å². The maximum atomic E-state index is 9.45. The van der Waals surface area contributed by atoms with E-state index in [2.05, 4.69) is 273 Å². The van der Waals surface area contributed by atoms with Crippen LogP contribution in [0.15, 0.2) is 219 Å². The van der Waals surface area contributed by atoms with Crippen LogP contribution in [0.5, 0.6) is 11.5 Å². The van der Waals surface area contributed by atoms with Crippen molar-refractivity contribution in [2.45, 2.75) is 72.6 Å². The van der Waals surface area contributed by atoms with Gasteiger partial charge in [0.1, 0.15) is 5.82 Å². The number of anilines is 2. The van der Waals surface area contributed by atoms with Gasteiger partial charge in [0.15, 0.2) is 0 Å². The van der Waals surface area contributed by atoms with Crippen molar-refractivity contribution < 1.29 is 28.5 Å². The van der Waals surface area contributed by atoms with E-state index in [1.165, 1.54) is 16.3 Å². The van der Waals surface area contributed by atoms with Gasteiger partial charge in [-0.05, 0) is 155 Å². The van der Waals surface area contributed by atoms with E-state index in [4.69, 9.17) is 9.72 Å². The summed E-state index contributed by atoms with van der Waals surface area (Å²) < 4.78 is 32.8. The number of rotatable bonds is 8. The normalized spacial score (nSPS) is 13.1. The minimum atomic E-state index is -1.57. The van der Waals surface area contributed by atoms with Crippen LogP contribution in [0.2, 0.25) is 0 Å². The fourth-order valence-corrected chi connectivity index (χ4v) is 12.9. The Kier molecular flexibility index (Phi) is 12.5. The molecule has 0 spiro atoms. The molecule has 0 radical (unpaired) electrons. The van der Waals surface area contributed by atoms with Gasteiger partial charge in [0.05, 0.1) is 11.0 Å². The second-order valence-electron chi connectivity index (χ2n) is 24.8. The van der Waals surface area contributed by atoms with Crippen LogP contribution in [0.1, 0.15) is 74.8 Å². The van der Waals surface area contributed by atoms with Crippen molar-refractivity contribution >= 4 is 98.3 Å². The summed E-state index contributed by atoms with van der Waals surface area (Å²) in [7, 11) is 0. The Balaban J connectivity index is 0.00000667. The van der Waals surface area contributed by atoms with Gasteiger partial charge in [0.2, 0.25) is 0 Å². The number of pyridine rings is 1. The predicted molar refractivity (Wildman–Crippen MR) is 352 cm³/mol. The predicted octanol–water partition coefficient (Wildman–Crippen LogP) is 20.8. The smallest absolute Gasteiger partial charge is 0.135 e. The van der Waals surface area contributed by atoms with Crippen molar-refractivity contribution in [3.05, 3.63) is 254 Å². The molecule has 7 heteroatoms. The maximum Gasteiger partial charge on any atom is 0.135 e. The van der Waals surface area contributed by atoms with Gasteiger partial charge in [-0.1, -0.05) is 200 Å². The molecule has 15 rings (SSSR count). The molecule has 0 saturated carbocycles. The average molecular weight is 1280 g/mol. The molecule has 0 aliphatic carbocycles. The number of aromatic nitrogens is 4. The summed E-state index contributed by atoms with van der Waals surface area (Å²) >= 11 is 0. The third-order valence-electron chi connectivity index (χ3n) is 16.9. The number of hydrogen-bond acceptors (Lipinski definition) is 3. The Labute approximate surface area is 513 Å². The van der Waals surface area contributed by atoms with Crippen LogP contribution in [0.25, 0.3) is 110 Å². The van der Waals surface area contributed by atoms with E-state index in [0.717, 1.165) is 116 Å². The number of fused-ring (bicyclic) bond motifs is 13. The summed E-state index contributed by atoms with van der Waals surface area (Å²) in [5.41, 5.74) is 13.6. The van der Waals surface area contributed by atoms with E-state index in [-0.39, 0.29) is 37.8 Å². The van der Waals surface area contributed by atoms with Crippen LogP contribution < -0.4 is 9.64 Å². The van der Waals surface area contributed by atoms with E-state index in [0.29, 0.717) is 17.1 Å². The first-order chi connectivity index (χ1) is 41.5. The fourth-order valence-electron chi connectivity index (χ4n) is 12.9. The first kappa shape index (κ1) is 51.5. The molecule has 4 aromatic heterocycles. The Bertz CT molecular complexity index is 5140. The van der Waals surface area contributed by atoms with Gasteiger partial charge in [-0.15, -0.1) is 35.7 Å². The molecule has 0 N–H and O–H groups in total. The van der Waals surface area contributed by atoms with Crippen LogP contribution >= 0.6 is 0 Å². The zero-order valence-electron chi connectivity index (χ0n) is 50.9. The standard InChI is InChI=1S/C78H64N5O.Pt/c1-49(2)40-50-41-51(43-53(42-50)78(6,7)8)58-28-18-29-66-61-24-11-9-22-59(61)60-23-10-12-25-62(60)67-30-19-33-72-76(67)81(75(58)66)48-80(72)54-20-17-21-56(45-54)84-57-35-36-65-68-46-55(82-69-31-15-13-26-63(69)64-27-14-16-32-70(64)82)34-37-71(68)83(73(65)47-57)74-44-52(38-39-79-74)77(3,4)5;/h9-39,41-44,46,48-49H,40H2,1-8H3;/q-3;/i40D2;. The number of hydrogen-bond donors (Lipinski definition) is 0. The molecule has 0 bridgehead atoms. The van der Waals surface area contributed by atoms with Crippen molar-refractivity contribution in [3.8, 4) is 34.1 Å². The first-order valence-corrected chi connectivity index (χ1v) is 29.2. The molecule has 1 aliphatic rings. The molecule has 420 valence electrons. The van der Waals surface area contributed by atoms with Crippen molar-refractivity contribution in [3.63, 3.8) is 0 Å². The van der Waals surface area contributed by atoms with Crippen LogP contribution in [0.4, 0.5) is 11.4 Å². The molecular weight excluding hydrogens is 1220 g/mol. The molecule has 10 aromatic carbocycles. The SMILES string of the molecule is [2H]C([2H])(c1cc(-c2cccc3c4ccccc4c4ccccc4c4cccc5c4n(c23)[CH-]N5c2[c-]c(Oc3[c-]c4c(cc3)c3cc(-n5c6ccccc6c6ccccc65)ccc3n4-c3cc(C(C)(C)C)ccn3)ccc2)cc(C(C)(C)C)c1)C(C)C.[Pt]. The average Bonchev–Trinajstić information content (AvgIpc) is 1.63. The second kappa shape index (κ2) is 20.6. The molecule has 14 aromatic rings. The maximum absolute atomic E-state index is 9.45. The number of benzene rings is 10. The quantitative estimate of drug-likeness (QED) is 0.142. The monoisotopic (exact) mass is 1280 g/mol. The van der Waals surface area contributed by atoms with E-state index >= 15 is 0 Å². The van der Waals surface area contributed by atoms with Crippen LogP contribution in [0.3, 0.4) is 0 Å². The van der Waals surface area contributed by atoms with Gasteiger partial charge < -0.3 is 23.3 Å². The molecule has 0 atom stereocenters. The number of para-hydroxylation sites is 4. The largest absolute Gasteiger partial charge is 0.509 e. The van der Waals surface area contributed by atoms with Crippen molar-refractivity contribution in [2.24, 2.45) is 5.92 Å². The molecule has 0 saturated heterocycles. The minimum Gasteiger partial charge on any atom is -0.509 e. The summed E-state index contributed by atoms with van der Waals surface area (Å²) in [4.78, 5) is 7.26. The molecule has 85 heavy (non-hydrogen) atoms. The van der Waals surface area contributed by atoms with Crippen LogP contribution in [0, 0.1) is 24.7 Å². The Morgan fingerprint density at radius 1 is 0.506 bits per heavy atom. The van der Waals surface area contributed by atoms with Gasteiger partial charge in [0, 0.05) is 69.2 Å². The Hall–Kier alpha value is -9.09. The summed E-state index contributed by atoms with van der Waals surface area (Å²) in [6.07, 6.45) is 0.345. The third kappa shape index (κ3) is 9.12. The van der Waals surface area contributed by atoms with E-state index in [9.17, 15) is 2.74 Å². The van der Waals surface area contributed by atoms with Crippen molar-refractivity contribution in [1.82, 2.24) is 18.7 Å². The molecule has 0 unspecified atom stereocenters. The van der Waals surface area contributed by atoms with E-state index < -0.39 is 6.37 Å². The van der Waals surface area contributed by atoms with Gasteiger partial charge in [-0.2, -0.15) is 12.1 Å². The van der Waals surface area contributed by atoms with E-state index in [1.807, 2.05) is 38.2 Å². The first-order valence-electron chi connectivity index (χ1n) is 30.2. The topological polar surface area (TPSA) is 40.1 Å². The number of ether oxygens (including phenoxy) is 1. The Morgan fingerprint density at radius 3 is 1.76 bits per heavy atom. The molecule has 0 amide bonds. The molecule has 6 nitrogen and oxygen atoms in total. The van der Waals surface area contributed by atoms with E-state index in [1.54, 1.807) is 0 Å². The van der Waals surface area contributed by atoms with Crippen molar-refractivity contribution in [1.29, 1.82) is 0 Å². The summed E-state index contributed by atoms with van der Waals surface area (Å²) in [6.45, 7) is 19.5. The van der Waals surface area contributed by atoms with Gasteiger partial charge >= 0.3 is 0 Å². The van der Waals surface area contributed by atoms with Crippen molar-refractivity contribution in [2.75, 3.05) is 4.90 Å². The zero-order chi connectivity index (χ0) is 59.0. The Morgan fingerprint density at radius 2 is 1.09 bits per heavy atom. The number of nitrogens with zero attached hydrogens (tertiary/aromatic N) is 5. The van der Waals surface area contributed by atoms with Crippen LogP contribution in [-0.2, 0) is 38.3 Å². The molecule has 5 heterocycles. The third-order valence-corrected chi connectivity index (χ3v) is 16.9.